The van der Waals surface area contributed by atoms with E-state index in [4.69, 9.17) is 4.74 Å². The normalized spacial score (nSPS) is 38.5. The van der Waals surface area contributed by atoms with E-state index in [1.165, 1.54) is 67.2 Å². The van der Waals surface area contributed by atoms with Gasteiger partial charge in [0.15, 0.2) is 0 Å². The summed E-state index contributed by atoms with van der Waals surface area (Å²) in [6.07, 6.45) is 15.4. The van der Waals surface area contributed by atoms with E-state index in [-0.39, 0.29) is 18.1 Å². The average molecular weight is 508 g/mol. The number of rotatable bonds is 3. The lowest BCUT2D eigenvalue weighted by molar-refractivity contribution is -0.132. The van der Waals surface area contributed by atoms with Gasteiger partial charge in [-0.2, -0.15) is 0 Å². The molecule has 0 radical (unpaired) electrons. The van der Waals surface area contributed by atoms with Gasteiger partial charge in [0.1, 0.15) is 6.61 Å². The molecule has 3 nitrogen and oxygen atoms in total. The molecule has 5 aliphatic carbocycles. The van der Waals surface area contributed by atoms with Crippen LogP contribution in [0.15, 0.2) is 60.2 Å². The maximum atomic E-state index is 13.7. The van der Waals surface area contributed by atoms with Gasteiger partial charge in [-0.05, 0) is 109 Å². The molecule has 2 aliphatic heterocycles. The third kappa shape index (κ3) is 3.42. The second-order valence-electron chi connectivity index (χ2n) is 14.7. The highest BCUT2D eigenvalue weighted by Crippen LogP contribution is 2.72. The number of hydrogen-bond acceptors (Lipinski definition) is 2. The summed E-state index contributed by atoms with van der Waals surface area (Å²) in [5.74, 6) is 1.03. The first-order valence-corrected chi connectivity index (χ1v) is 15.2. The molecule has 2 aromatic carbocycles. The van der Waals surface area contributed by atoms with Gasteiger partial charge in [-0.15, -0.1) is 0 Å². The number of amides is 1. The van der Waals surface area contributed by atoms with Gasteiger partial charge in [0.25, 0.3) is 0 Å². The van der Waals surface area contributed by atoms with E-state index in [0.717, 1.165) is 25.2 Å². The molecule has 2 aromatic rings. The largest absolute Gasteiger partial charge is 0.448 e. The number of hydrogen-bond donors (Lipinski definition) is 0. The summed E-state index contributed by atoms with van der Waals surface area (Å²) < 4.78 is 6.19. The minimum atomic E-state index is -0.0960. The predicted molar refractivity (Wildman–Crippen MR) is 151 cm³/mol. The Morgan fingerprint density at radius 3 is 2.18 bits per heavy atom. The summed E-state index contributed by atoms with van der Waals surface area (Å²) >= 11 is 0. The maximum Gasteiger partial charge on any atom is 0.410 e. The molecule has 38 heavy (non-hydrogen) atoms. The van der Waals surface area contributed by atoms with Crippen LogP contribution in [0.25, 0.3) is 11.1 Å². The topological polar surface area (TPSA) is 29.5 Å². The van der Waals surface area contributed by atoms with Crippen LogP contribution < -0.4 is 0 Å². The highest BCUT2D eigenvalue weighted by atomic mass is 16.6. The number of carbonyl (C=O) groups is 1. The Hall–Kier alpha value is -2.55. The number of carbonyl (C=O) groups excluding carboxylic acids is 1. The van der Waals surface area contributed by atoms with Crippen LogP contribution in [0.1, 0.15) is 95.1 Å². The first kappa shape index (κ1) is 23.3. The highest BCUT2D eigenvalue weighted by molar-refractivity contribution is 5.79. The van der Waals surface area contributed by atoms with Crippen LogP contribution in [0.4, 0.5) is 4.79 Å². The molecule has 4 saturated carbocycles. The number of piperidine rings is 1. The molecular weight excluding hydrogens is 466 g/mol. The fourth-order valence-electron chi connectivity index (χ4n) is 11.2. The number of benzene rings is 2. The average Bonchev–Trinajstić information content (AvgIpc) is 3.18. The molecule has 7 aliphatic rings. The van der Waals surface area contributed by atoms with Crippen molar-refractivity contribution in [2.45, 2.75) is 96.1 Å². The van der Waals surface area contributed by atoms with E-state index in [1.54, 1.807) is 5.57 Å². The van der Waals surface area contributed by atoms with E-state index >= 15 is 0 Å². The summed E-state index contributed by atoms with van der Waals surface area (Å²) in [6.45, 7) is 5.58. The monoisotopic (exact) mass is 507 g/mol. The molecule has 0 spiro atoms. The van der Waals surface area contributed by atoms with E-state index in [0.29, 0.717) is 28.9 Å². The van der Waals surface area contributed by atoms with Crippen molar-refractivity contribution in [1.82, 2.24) is 4.90 Å². The third-order valence-corrected chi connectivity index (χ3v) is 11.5. The molecule has 0 N–H and O–H groups in total. The summed E-state index contributed by atoms with van der Waals surface area (Å²) in [4.78, 5) is 15.9. The van der Waals surface area contributed by atoms with Crippen LogP contribution in [0.2, 0.25) is 0 Å². The third-order valence-electron chi connectivity index (χ3n) is 11.5. The van der Waals surface area contributed by atoms with Crippen LogP contribution >= 0.6 is 0 Å². The fraction of sp³-hybridized carbons (Fsp3) is 0.571. The van der Waals surface area contributed by atoms with E-state index in [1.807, 2.05) is 0 Å². The molecule has 4 unspecified atom stereocenters. The molecule has 1 amide bonds. The van der Waals surface area contributed by atoms with Crippen LogP contribution in [0.3, 0.4) is 0 Å². The second-order valence-corrected chi connectivity index (χ2v) is 14.7. The van der Waals surface area contributed by atoms with Gasteiger partial charge in [-0.1, -0.05) is 74.0 Å². The highest BCUT2D eigenvalue weighted by Gasteiger charge is 2.61. The Kier molecular flexibility index (Phi) is 4.91. The van der Waals surface area contributed by atoms with Crippen LogP contribution in [0, 0.1) is 22.2 Å². The van der Waals surface area contributed by atoms with Crippen molar-refractivity contribution in [2.24, 2.45) is 22.2 Å². The van der Waals surface area contributed by atoms with E-state index in [2.05, 4.69) is 73.4 Å². The molecule has 198 valence electrons. The van der Waals surface area contributed by atoms with Crippen molar-refractivity contribution in [3.8, 4) is 11.1 Å². The lowest BCUT2D eigenvalue weighted by Crippen LogP contribution is -2.58. The van der Waals surface area contributed by atoms with Crippen molar-refractivity contribution < 1.29 is 9.53 Å². The number of fused-ring (bicyclic) bond motifs is 5. The fourth-order valence-corrected chi connectivity index (χ4v) is 11.2. The van der Waals surface area contributed by atoms with Crippen molar-refractivity contribution in [3.05, 3.63) is 71.3 Å². The Bertz CT molecular complexity index is 1280. The van der Waals surface area contributed by atoms with Gasteiger partial charge in [0.05, 0.1) is 6.04 Å². The predicted octanol–water partition coefficient (Wildman–Crippen LogP) is 8.49. The summed E-state index contributed by atoms with van der Waals surface area (Å²) in [5, 5.41) is 0. The van der Waals surface area contributed by atoms with Crippen molar-refractivity contribution in [3.63, 3.8) is 0 Å². The first-order valence-electron chi connectivity index (χ1n) is 15.2. The molecular formula is C35H41NO2. The van der Waals surface area contributed by atoms with Gasteiger partial charge in [-0.25, -0.2) is 4.79 Å². The first-order chi connectivity index (χ1) is 18.3. The SMILES string of the molecule is CC12CC3CC(C)(C1)CC(C1=CC4CCCC(C1)N4C(=O)OCC1c4ccccc4-c4ccccc41)(C3)C2. The minimum absolute atomic E-state index is 0.0960. The number of nitrogens with zero attached hydrogens (tertiary/aromatic N) is 1. The van der Waals surface area contributed by atoms with Crippen LogP contribution in [-0.4, -0.2) is 29.7 Å². The molecule has 5 fully saturated rings. The molecule has 3 heteroatoms. The van der Waals surface area contributed by atoms with Gasteiger partial charge in [-0.3, -0.25) is 4.90 Å². The van der Waals surface area contributed by atoms with Crippen molar-refractivity contribution in [1.29, 1.82) is 0 Å². The van der Waals surface area contributed by atoms with E-state index < -0.39 is 0 Å². The lowest BCUT2D eigenvalue weighted by Gasteiger charge is -2.67. The number of ether oxygens (including phenoxy) is 1. The summed E-state index contributed by atoms with van der Waals surface area (Å²) in [7, 11) is 0. The molecule has 4 atom stereocenters. The van der Waals surface area contributed by atoms with Crippen molar-refractivity contribution >= 4 is 6.09 Å². The van der Waals surface area contributed by atoms with Gasteiger partial charge in [0.2, 0.25) is 0 Å². The quantitative estimate of drug-likeness (QED) is 0.390. The molecule has 0 aromatic heterocycles. The Morgan fingerprint density at radius 1 is 0.895 bits per heavy atom. The zero-order chi connectivity index (χ0) is 25.7. The molecule has 6 bridgehead atoms. The zero-order valence-electron chi connectivity index (χ0n) is 23.0. The van der Waals surface area contributed by atoms with Gasteiger partial charge in [0, 0.05) is 12.0 Å². The van der Waals surface area contributed by atoms with Gasteiger partial charge >= 0.3 is 6.09 Å². The molecule has 2 heterocycles. The second kappa shape index (κ2) is 7.99. The minimum Gasteiger partial charge on any atom is -0.448 e. The van der Waals surface area contributed by atoms with Crippen LogP contribution in [0.5, 0.6) is 0 Å². The maximum absolute atomic E-state index is 13.7. The van der Waals surface area contributed by atoms with Crippen LogP contribution in [-0.2, 0) is 4.74 Å². The standard InChI is InChI=1S/C35H41NO2/c1-33-16-23-17-34(2,20-33)22-35(18-23,21-33)24-14-25-8-7-9-26(15-24)36(25)32(37)38-19-31-29-12-5-3-10-27(29)28-11-4-6-13-30(28)31/h3-6,10-14,23,25-26,31H,7-9,15-22H2,1-2H3. The Labute approximate surface area is 227 Å². The Morgan fingerprint density at radius 2 is 1.55 bits per heavy atom. The lowest BCUT2D eigenvalue weighted by atomic mass is 9.38. The molecule has 9 rings (SSSR count). The molecule has 1 saturated heterocycles. The smallest absolute Gasteiger partial charge is 0.410 e. The van der Waals surface area contributed by atoms with Crippen molar-refractivity contribution in [2.75, 3.05) is 6.61 Å². The summed E-state index contributed by atoms with van der Waals surface area (Å²) in [6, 6.07) is 17.7. The van der Waals surface area contributed by atoms with Gasteiger partial charge < -0.3 is 4.74 Å². The zero-order valence-corrected chi connectivity index (χ0v) is 23.0. The Balaban J connectivity index is 1.04. The van der Waals surface area contributed by atoms with E-state index in [9.17, 15) is 4.79 Å². The summed E-state index contributed by atoms with van der Waals surface area (Å²) in [5.41, 5.74) is 8.29.